The lowest BCUT2D eigenvalue weighted by molar-refractivity contribution is 0.0645. The van der Waals surface area contributed by atoms with E-state index >= 15 is 0 Å². The molecule has 5 nitrogen and oxygen atoms in total. The summed E-state index contributed by atoms with van der Waals surface area (Å²) in [6, 6.07) is 3.75. The quantitative estimate of drug-likeness (QED) is 0.691. The van der Waals surface area contributed by atoms with E-state index in [-0.39, 0.29) is 0 Å². The summed E-state index contributed by atoms with van der Waals surface area (Å²) in [4.78, 5) is 8.61. The molecule has 0 aliphatic carbocycles. The zero-order chi connectivity index (χ0) is 14.2. The Hall–Kier alpha value is -1.24. The molecular formula is C14H17BrN2O3. The SMILES string of the molecule is COCCOCCCOc1ccnc2cc(Br)cnc12. The molecule has 108 valence electrons. The van der Waals surface area contributed by atoms with E-state index in [1.165, 1.54) is 0 Å². The smallest absolute Gasteiger partial charge is 0.148 e. The summed E-state index contributed by atoms with van der Waals surface area (Å²) in [5.41, 5.74) is 1.59. The first-order chi connectivity index (χ1) is 9.81. The Morgan fingerprint density at radius 1 is 1.15 bits per heavy atom. The van der Waals surface area contributed by atoms with Crippen LogP contribution >= 0.6 is 15.9 Å². The van der Waals surface area contributed by atoms with E-state index in [9.17, 15) is 0 Å². The van der Waals surface area contributed by atoms with E-state index < -0.39 is 0 Å². The van der Waals surface area contributed by atoms with Crippen LogP contribution in [0.2, 0.25) is 0 Å². The molecular weight excluding hydrogens is 324 g/mol. The van der Waals surface area contributed by atoms with E-state index in [0.29, 0.717) is 26.4 Å². The van der Waals surface area contributed by atoms with Gasteiger partial charge in [-0.05, 0) is 22.0 Å². The second-order valence-electron chi connectivity index (χ2n) is 4.14. The Morgan fingerprint density at radius 2 is 2.05 bits per heavy atom. The molecule has 0 amide bonds. The van der Waals surface area contributed by atoms with Crippen molar-refractivity contribution in [2.75, 3.05) is 33.5 Å². The number of hydrogen-bond donors (Lipinski definition) is 0. The standard InChI is InChI=1S/C14H17BrN2O3/c1-18-7-8-19-5-2-6-20-13-3-4-16-12-9-11(15)10-17-14(12)13/h3-4,9-10H,2,5-8H2,1H3. The molecule has 20 heavy (non-hydrogen) atoms. The minimum atomic E-state index is 0.587. The molecule has 2 aromatic heterocycles. The molecule has 0 unspecified atom stereocenters. The van der Waals surface area contributed by atoms with Crippen LogP contribution in [0, 0.1) is 0 Å². The molecule has 0 aliphatic heterocycles. The molecule has 2 rings (SSSR count). The third-order valence-corrected chi connectivity index (χ3v) is 3.06. The number of ether oxygens (including phenoxy) is 3. The van der Waals surface area contributed by atoms with E-state index in [1.54, 1.807) is 19.5 Å². The fraction of sp³-hybridized carbons (Fsp3) is 0.429. The second-order valence-corrected chi connectivity index (χ2v) is 5.05. The van der Waals surface area contributed by atoms with Crippen molar-refractivity contribution >= 4 is 27.0 Å². The first kappa shape index (κ1) is 15.2. The van der Waals surface area contributed by atoms with Crippen molar-refractivity contribution in [3.63, 3.8) is 0 Å². The second kappa shape index (κ2) is 8.14. The lowest BCUT2D eigenvalue weighted by Crippen LogP contribution is -2.07. The van der Waals surface area contributed by atoms with Gasteiger partial charge in [0.05, 0.1) is 25.3 Å². The summed E-state index contributed by atoms with van der Waals surface area (Å²) >= 11 is 3.38. The highest BCUT2D eigenvalue weighted by molar-refractivity contribution is 9.10. The molecule has 0 radical (unpaired) electrons. The van der Waals surface area contributed by atoms with Crippen LogP contribution in [-0.4, -0.2) is 43.5 Å². The molecule has 0 atom stereocenters. The fourth-order valence-electron chi connectivity index (χ4n) is 1.68. The Labute approximate surface area is 126 Å². The summed E-state index contributed by atoms with van der Waals surface area (Å²) in [6.07, 6.45) is 4.29. The molecule has 0 spiro atoms. The average Bonchev–Trinajstić information content (AvgIpc) is 2.46. The maximum absolute atomic E-state index is 5.74. The van der Waals surface area contributed by atoms with E-state index in [0.717, 1.165) is 27.7 Å². The molecule has 2 heterocycles. The highest BCUT2D eigenvalue weighted by Gasteiger charge is 2.05. The van der Waals surface area contributed by atoms with Gasteiger partial charge in [0, 0.05) is 43.1 Å². The lowest BCUT2D eigenvalue weighted by atomic mass is 10.3. The Balaban J connectivity index is 1.84. The van der Waals surface area contributed by atoms with Crippen LogP contribution in [0.4, 0.5) is 0 Å². The van der Waals surface area contributed by atoms with Crippen LogP contribution in [0.25, 0.3) is 11.0 Å². The van der Waals surface area contributed by atoms with Gasteiger partial charge in [-0.2, -0.15) is 0 Å². The normalized spacial score (nSPS) is 10.9. The van der Waals surface area contributed by atoms with E-state index in [1.807, 2.05) is 12.1 Å². The molecule has 0 aliphatic rings. The van der Waals surface area contributed by atoms with Gasteiger partial charge in [0.25, 0.3) is 0 Å². The van der Waals surface area contributed by atoms with Gasteiger partial charge in [0.1, 0.15) is 11.3 Å². The van der Waals surface area contributed by atoms with Gasteiger partial charge >= 0.3 is 0 Å². The zero-order valence-corrected chi connectivity index (χ0v) is 12.9. The van der Waals surface area contributed by atoms with Crippen LogP contribution < -0.4 is 4.74 Å². The summed E-state index contributed by atoms with van der Waals surface area (Å²) in [6.45, 7) is 2.48. The average molecular weight is 341 g/mol. The Morgan fingerprint density at radius 3 is 2.90 bits per heavy atom. The molecule has 0 fully saturated rings. The maximum atomic E-state index is 5.74. The summed E-state index contributed by atoms with van der Waals surface area (Å²) in [5.74, 6) is 0.749. The zero-order valence-electron chi connectivity index (χ0n) is 11.3. The predicted molar refractivity (Wildman–Crippen MR) is 80.0 cm³/mol. The van der Waals surface area contributed by atoms with E-state index in [4.69, 9.17) is 14.2 Å². The molecule has 0 saturated heterocycles. The van der Waals surface area contributed by atoms with Gasteiger partial charge < -0.3 is 14.2 Å². The van der Waals surface area contributed by atoms with Crippen molar-refractivity contribution in [3.8, 4) is 5.75 Å². The lowest BCUT2D eigenvalue weighted by Gasteiger charge is -2.08. The molecule has 0 aromatic carbocycles. The fourth-order valence-corrected chi connectivity index (χ4v) is 2.00. The van der Waals surface area contributed by atoms with Crippen molar-refractivity contribution in [2.24, 2.45) is 0 Å². The van der Waals surface area contributed by atoms with Crippen LogP contribution in [0.15, 0.2) is 29.0 Å². The van der Waals surface area contributed by atoms with Crippen molar-refractivity contribution in [2.45, 2.75) is 6.42 Å². The summed E-state index contributed by atoms with van der Waals surface area (Å²) in [5, 5.41) is 0. The first-order valence-corrected chi connectivity index (χ1v) is 7.20. The minimum absolute atomic E-state index is 0.587. The molecule has 0 saturated carbocycles. The number of aromatic nitrogens is 2. The summed E-state index contributed by atoms with van der Waals surface area (Å²) in [7, 11) is 1.66. The van der Waals surface area contributed by atoms with Crippen LogP contribution in [0.1, 0.15) is 6.42 Å². The Bertz CT molecular complexity index is 551. The third kappa shape index (κ3) is 4.40. The monoisotopic (exact) mass is 340 g/mol. The topological polar surface area (TPSA) is 53.5 Å². The summed E-state index contributed by atoms with van der Waals surface area (Å²) < 4.78 is 16.9. The molecule has 0 bridgehead atoms. The van der Waals surface area contributed by atoms with Gasteiger partial charge in [0.15, 0.2) is 0 Å². The number of methoxy groups -OCH3 is 1. The number of hydrogen-bond acceptors (Lipinski definition) is 5. The largest absolute Gasteiger partial charge is 0.491 e. The van der Waals surface area contributed by atoms with Crippen molar-refractivity contribution in [3.05, 3.63) is 29.0 Å². The number of rotatable bonds is 8. The maximum Gasteiger partial charge on any atom is 0.148 e. The predicted octanol–water partition coefficient (Wildman–Crippen LogP) is 2.82. The number of fused-ring (bicyclic) bond motifs is 1. The van der Waals surface area contributed by atoms with Crippen LogP contribution in [0.3, 0.4) is 0 Å². The van der Waals surface area contributed by atoms with Gasteiger partial charge in [-0.3, -0.25) is 4.98 Å². The molecule has 6 heteroatoms. The van der Waals surface area contributed by atoms with Gasteiger partial charge in [-0.1, -0.05) is 0 Å². The number of nitrogens with zero attached hydrogens (tertiary/aromatic N) is 2. The Kier molecular flexibility index (Phi) is 6.17. The van der Waals surface area contributed by atoms with Crippen LogP contribution in [-0.2, 0) is 9.47 Å². The van der Waals surface area contributed by atoms with Crippen LogP contribution in [0.5, 0.6) is 5.75 Å². The van der Waals surface area contributed by atoms with Gasteiger partial charge in [-0.25, -0.2) is 4.98 Å². The molecule has 0 N–H and O–H groups in total. The van der Waals surface area contributed by atoms with Gasteiger partial charge in [-0.15, -0.1) is 0 Å². The third-order valence-electron chi connectivity index (χ3n) is 2.63. The minimum Gasteiger partial charge on any atom is -0.491 e. The van der Waals surface area contributed by atoms with Crippen molar-refractivity contribution in [1.82, 2.24) is 9.97 Å². The highest BCUT2D eigenvalue weighted by Crippen LogP contribution is 2.23. The first-order valence-electron chi connectivity index (χ1n) is 6.41. The van der Waals surface area contributed by atoms with Gasteiger partial charge in [0.2, 0.25) is 0 Å². The number of halogens is 1. The molecule has 2 aromatic rings. The van der Waals surface area contributed by atoms with Crippen molar-refractivity contribution < 1.29 is 14.2 Å². The number of pyridine rings is 2. The van der Waals surface area contributed by atoms with Crippen molar-refractivity contribution in [1.29, 1.82) is 0 Å². The van der Waals surface area contributed by atoms with E-state index in [2.05, 4.69) is 25.9 Å². The highest BCUT2D eigenvalue weighted by atomic mass is 79.9.